The number of hydrogen-bond donors (Lipinski definition) is 2. The lowest BCUT2D eigenvalue weighted by Gasteiger charge is -2.11. The van der Waals surface area contributed by atoms with Crippen molar-refractivity contribution in [3.05, 3.63) is 114 Å². The summed E-state index contributed by atoms with van der Waals surface area (Å²) in [5, 5.41) is 13.0. The zero-order chi connectivity index (χ0) is 24.6. The number of hydrazone groups is 1. The van der Waals surface area contributed by atoms with Crippen molar-refractivity contribution in [1.29, 1.82) is 0 Å². The van der Waals surface area contributed by atoms with Gasteiger partial charge in [0.1, 0.15) is 6.61 Å². The van der Waals surface area contributed by atoms with E-state index in [0.29, 0.717) is 22.6 Å². The Morgan fingerprint density at radius 3 is 2.29 bits per heavy atom. The summed E-state index contributed by atoms with van der Waals surface area (Å²) in [4.78, 5) is 23.3. The highest BCUT2D eigenvalue weighted by Gasteiger charge is 2.08. The van der Waals surface area contributed by atoms with Crippen molar-refractivity contribution in [3.8, 4) is 17.2 Å². The van der Waals surface area contributed by atoms with Crippen molar-refractivity contribution >= 4 is 18.1 Å². The Morgan fingerprint density at radius 1 is 0.943 bits per heavy atom. The Balaban J connectivity index is 1.34. The number of aromatic carboxylic acids is 1. The van der Waals surface area contributed by atoms with Crippen LogP contribution < -0.4 is 14.9 Å². The van der Waals surface area contributed by atoms with E-state index in [1.54, 1.807) is 42.5 Å². The molecule has 0 atom stereocenters. The second-order valence-electron chi connectivity index (χ2n) is 7.54. The third-order valence-electron chi connectivity index (χ3n) is 5.19. The van der Waals surface area contributed by atoms with Gasteiger partial charge in [-0.2, -0.15) is 5.10 Å². The summed E-state index contributed by atoms with van der Waals surface area (Å²) in [5.41, 5.74) is 5.73. The van der Waals surface area contributed by atoms with Gasteiger partial charge in [0, 0.05) is 23.6 Å². The van der Waals surface area contributed by atoms with Gasteiger partial charge in [-0.1, -0.05) is 12.1 Å². The van der Waals surface area contributed by atoms with Crippen LogP contribution in [0.3, 0.4) is 0 Å². The standard InChI is InChI=1S/C27H23N3O5/c1-34-25-16-20(6-13-24(25)35-18-19-4-7-22(8-5-19)27(32)33)17-28-29-26(31)21-9-11-23(12-10-21)30-14-2-3-15-30/h2-17H,18H2,1H3,(H,29,31)(H,32,33)/b28-17+. The minimum atomic E-state index is -0.974. The molecule has 1 aromatic heterocycles. The first-order chi connectivity index (χ1) is 17.0. The molecule has 0 aliphatic heterocycles. The summed E-state index contributed by atoms with van der Waals surface area (Å²) in [7, 11) is 1.53. The fraction of sp³-hybridized carbons (Fsp3) is 0.0741. The predicted octanol–water partition coefficient (Wildman–Crippen LogP) is 4.53. The van der Waals surface area contributed by atoms with E-state index >= 15 is 0 Å². The molecule has 0 saturated heterocycles. The highest BCUT2D eigenvalue weighted by atomic mass is 16.5. The molecule has 3 aromatic carbocycles. The fourth-order valence-corrected chi connectivity index (χ4v) is 3.31. The van der Waals surface area contributed by atoms with Crippen molar-refractivity contribution in [2.24, 2.45) is 5.10 Å². The van der Waals surface area contributed by atoms with Crippen LogP contribution in [0.25, 0.3) is 5.69 Å². The number of nitrogens with one attached hydrogen (secondary N) is 1. The quantitative estimate of drug-likeness (QED) is 0.277. The topological polar surface area (TPSA) is 102 Å². The molecular formula is C27H23N3O5. The number of methoxy groups -OCH3 is 1. The Labute approximate surface area is 202 Å². The molecule has 2 N–H and O–H groups in total. The maximum Gasteiger partial charge on any atom is 0.335 e. The van der Waals surface area contributed by atoms with Crippen LogP contribution in [0.5, 0.6) is 11.5 Å². The average Bonchev–Trinajstić information content (AvgIpc) is 3.43. The van der Waals surface area contributed by atoms with Crippen LogP contribution in [0.1, 0.15) is 31.8 Å². The molecule has 1 heterocycles. The van der Waals surface area contributed by atoms with Crippen LogP contribution in [0.2, 0.25) is 0 Å². The molecule has 0 saturated carbocycles. The van der Waals surface area contributed by atoms with E-state index < -0.39 is 5.97 Å². The lowest BCUT2D eigenvalue weighted by atomic mass is 10.1. The van der Waals surface area contributed by atoms with Crippen LogP contribution in [0.15, 0.2) is 96.4 Å². The van der Waals surface area contributed by atoms with Crippen LogP contribution in [0.4, 0.5) is 0 Å². The van der Waals surface area contributed by atoms with Crippen LogP contribution in [0, 0.1) is 0 Å². The van der Waals surface area contributed by atoms with E-state index in [2.05, 4.69) is 10.5 Å². The minimum Gasteiger partial charge on any atom is -0.493 e. The Bertz CT molecular complexity index is 1330. The first-order valence-corrected chi connectivity index (χ1v) is 10.7. The number of carboxylic acids is 1. The second-order valence-corrected chi connectivity index (χ2v) is 7.54. The molecule has 0 spiro atoms. The Kier molecular flexibility index (Phi) is 7.22. The first kappa shape index (κ1) is 23.3. The van der Waals surface area contributed by atoms with Crippen molar-refractivity contribution in [1.82, 2.24) is 9.99 Å². The van der Waals surface area contributed by atoms with E-state index in [0.717, 1.165) is 11.3 Å². The molecule has 0 fully saturated rings. The van der Waals surface area contributed by atoms with Crippen LogP contribution in [-0.2, 0) is 6.61 Å². The lowest BCUT2D eigenvalue weighted by molar-refractivity contribution is 0.0696. The lowest BCUT2D eigenvalue weighted by Crippen LogP contribution is -2.17. The monoisotopic (exact) mass is 469 g/mol. The minimum absolute atomic E-state index is 0.219. The predicted molar refractivity (Wildman–Crippen MR) is 132 cm³/mol. The molecule has 176 valence electrons. The molecule has 0 bridgehead atoms. The molecule has 0 radical (unpaired) electrons. The van der Waals surface area contributed by atoms with E-state index in [4.69, 9.17) is 14.6 Å². The summed E-state index contributed by atoms with van der Waals surface area (Å²) in [6.45, 7) is 0.253. The molecule has 1 amide bonds. The number of hydrogen-bond acceptors (Lipinski definition) is 5. The van der Waals surface area contributed by atoms with Gasteiger partial charge >= 0.3 is 5.97 Å². The summed E-state index contributed by atoms with van der Waals surface area (Å²) >= 11 is 0. The van der Waals surface area contributed by atoms with Crippen molar-refractivity contribution < 1.29 is 24.2 Å². The van der Waals surface area contributed by atoms with E-state index in [-0.39, 0.29) is 18.1 Å². The van der Waals surface area contributed by atoms with E-state index in [1.807, 2.05) is 41.2 Å². The number of benzene rings is 3. The van der Waals surface area contributed by atoms with E-state index in [1.165, 1.54) is 25.5 Å². The van der Waals surface area contributed by atoms with Crippen molar-refractivity contribution in [3.63, 3.8) is 0 Å². The molecule has 0 aliphatic rings. The molecule has 4 aromatic rings. The van der Waals surface area contributed by atoms with Gasteiger partial charge in [0.05, 0.1) is 18.9 Å². The normalized spacial score (nSPS) is 10.8. The summed E-state index contributed by atoms with van der Waals surface area (Å²) in [6, 6.07) is 22.8. The maximum atomic E-state index is 12.4. The molecule has 0 unspecified atom stereocenters. The molecule has 0 aliphatic carbocycles. The van der Waals surface area contributed by atoms with Gasteiger partial charge in [-0.05, 0) is 77.9 Å². The Morgan fingerprint density at radius 2 is 1.63 bits per heavy atom. The first-order valence-electron chi connectivity index (χ1n) is 10.7. The zero-order valence-corrected chi connectivity index (χ0v) is 18.9. The number of nitrogens with zero attached hydrogens (tertiary/aromatic N) is 2. The highest BCUT2D eigenvalue weighted by molar-refractivity contribution is 5.95. The van der Waals surface area contributed by atoms with Crippen molar-refractivity contribution in [2.45, 2.75) is 6.61 Å². The number of rotatable bonds is 9. The van der Waals surface area contributed by atoms with Gasteiger partial charge in [0.2, 0.25) is 0 Å². The maximum absolute atomic E-state index is 12.4. The molecular weight excluding hydrogens is 446 g/mol. The van der Waals surface area contributed by atoms with Gasteiger partial charge in [0.25, 0.3) is 5.91 Å². The molecule has 35 heavy (non-hydrogen) atoms. The largest absolute Gasteiger partial charge is 0.493 e. The summed E-state index contributed by atoms with van der Waals surface area (Å²) < 4.78 is 13.2. The van der Waals surface area contributed by atoms with Gasteiger partial charge in [-0.15, -0.1) is 0 Å². The van der Waals surface area contributed by atoms with Crippen molar-refractivity contribution in [2.75, 3.05) is 7.11 Å². The number of carbonyl (C=O) groups excluding carboxylic acids is 1. The van der Waals surface area contributed by atoms with Crippen LogP contribution in [-0.4, -0.2) is 34.9 Å². The third-order valence-corrected chi connectivity index (χ3v) is 5.19. The summed E-state index contributed by atoms with van der Waals surface area (Å²) in [5.74, 6) is -0.263. The van der Waals surface area contributed by atoms with Gasteiger partial charge < -0.3 is 19.1 Å². The van der Waals surface area contributed by atoms with Gasteiger partial charge in [-0.3, -0.25) is 4.79 Å². The average molecular weight is 469 g/mol. The third kappa shape index (κ3) is 5.94. The Hall–Kier alpha value is -4.85. The number of aromatic nitrogens is 1. The zero-order valence-electron chi connectivity index (χ0n) is 18.9. The number of carboxylic acid groups (broad SMARTS) is 1. The van der Waals surface area contributed by atoms with Gasteiger partial charge in [-0.25, -0.2) is 10.2 Å². The number of carbonyl (C=O) groups is 2. The number of ether oxygens (including phenoxy) is 2. The number of amides is 1. The van der Waals surface area contributed by atoms with E-state index in [9.17, 15) is 9.59 Å². The molecule has 4 rings (SSSR count). The van der Waals surface area contributed by atoms with Crippen LogP contribution >= 0.6 is 0 Å². The van der Waals surface area contributed by atoms with Gasteiger partial charge in [0.15, 0.2) is 11.5 Å². The summed E-state index contributed by atoms with van der Waals surface area (Å²) in [6.07, 6.45) is 5.38. The highest BCUT2D eigenvalue weighted by Crippen LogP contribution is 2.28. The molecule has 8 heteroatoms. The smallest absolute Gasteiger partial charge is 0.335 e. The fourth-order valence-electron chi connectivity index (χ4n) is 3.31. The molecule has 8 nitrogen and oxygen atoms in total. The second kappa shape index (κ2) is 10.8. The SMILES string of the molecule is COc1cc(/C=N/NC(=O)c2ccc(-n3cccc3)cc2)ccc1OCc1ccc(C(=O)O)cc1.